The van der Waals surface area contributed by atoms with Crippen molar-refractivity contribution in [3.63, 3.8) is 0 Å². The number of phosphoric ester groups is 1. The second-order valence-corrected chi connectivity index (χ2v) is 7.20. The van der Waals surface area contributed by atoms with Gasteiger partial charge in [0.05, 0.1) is 0 Å². The first-order valence-electron chi connectivity index (χ1n) is 8.43. The lowest BCUT2D eigenvalue weighted by Crippen LogP contribution is -2.11. The van der Waals surface area contributed by atoms with Gasteiger partial charge in [0.15, 0.2) is 0 Å². The third kappa shape index (κ3) is 5.90. The number of rotatable bonds is 9. The topological polar surface area (TPSA) is 71.1 Å². The molecule has 0 heterocycles. The summed E-state index contributed by atoms with van der Waals surface area (Å²) in [7, 11) is -4.25. The van der Waals surface area contributed by atoms with Crippen LogP contribution in [-0.4, -0.2) is 5.97 Å². The fourth-order valence-electron chi connectivity index (χ4n) is 2.06. The molecule has 26 heavy (non-hydrogen) atoms. The van der Waals surface area contributed by atoms with Gasteiger partial charge >= 0.3 is 13.8 Å². The average molecular weight is 378 g/mol. The summed E-state index contributed by atoms with van der Waals surface area (Å²) >= 11 is 0. The molecule has 6 nitrogen and oxygen atoms in total. The molecule has 2 aromatic carbocycles. The Kier molecular flexibility index (Phi) is 7.25. The van der Waals surface area contributed by atoms with Gasteiger partial charge in [-0.3, -0.25) is 4.89 Å². The monoisotopic (exact) mass is 378 g/mol. The third-order valence-corrected chi connectivity index (χ3v) is 4.66. The maximum absolute atomic E-state index is 13.1. The van der Waals surface area contributed by atoms with Crippen molar-refractivity contribution in [2.75, 3.05) is 0 Å². The van der Waals surface area contributed by atoms with Crippen molar-refractivity contribution >= 4 is 13.8 Å². The van der Waals surface area contributed by atoms with Crippen molar-refractivity contribution < 1.29 is 28.0 Å². The van der Waals surface area contributed by atoms with Crippen LogP contribution in [0.4, 0.5) is 0 Å². The number of phosphoric acid groups is 1. The molecule has 0 aromatic heterocycles. The summed E-state index contributed by atoms with van der Waals surface area (Å²) in [6.45, 7) is 5.53. The van der Waals surface area contributed by atoms with Crippen molar-refractivity contribution in [3.8, 4) is 11.5 Å². The average Bonchev–Trinajstić information content (AvgIpc) is 2.62. The number of unbranched alkanes of at least 4 members (excludes halogenated alkanes) is 1. The van der Waals surface area contributed by atoms with Crippen LogP contribution in [0.2, 0.25) is 0 Å². The summed E-state index contributed by atoms with van der Waals surface area (Å²) in [6, 6.07) is 13.9. The molecule has 0 N–H and O–H groups in total. The normalized spacial score (nSPS) is 11.0. The lowest BCUT2D eigenvalue weighted by Gasteiger charge is -2.19. The maximum Gasteiger partial charge on any atom is 0.625 e. The van der Waals surface area contributed by atoms with Crippen LogP contribution in [0.5, 0.6) is 11.5 Å². The zero-order valence-corrected chi connectivity index (χ0v) is 16.0. The Hall–Kier alpha value is -2.30. The van der Waals surface area contributed by atoms with Gasteiger partial charge in [0.25, 0.3) is 0 Å². The van der Waals surface area contributed by atoms with Gasteiger partial charge in [0.2, 0.25) is 0 Å². The molecule has 0 radical (unpaired) electrons. The van der Waals surface area contributed by atoms with Crippen molar-refractivity contribution in [1.29, 1.82) is 0 Å². The summed E-state index contributed by atoms with van der Waals surface area (Å²) < 4.78 is 28.9. The first-order valence-corrected chi connectivity index (χ1v) is 9.89. The van der Waals surface area contributed by atoms with Gasteiger partial charge in [-0.1, -0.05) is 54.4 Å². The molecule has 0 aliphatic carbocycles. The van der Waals surface area contributed by atoms with Crippen LogP contribution < -0.4 is 9.05 Å². The van der Waals surface area contributed by atoms with Crippen LogP contribution in [0.25, 0.3) is 0 Å². The van der Waals surface area contributed by atoms with E-state index in [0.29, 0.717) is 17.9 Å². The highest BCUT2D eigenvalue weighted by Gasteiger charge is 2.35. The maximum atomic E-state index is 13.1. The number of benzene rings is 2. The fraction of sp³-hybridized carbons (Fsp3) is 0.316. The van der Waals surface area contributed by atoms with E-state index in [1.807, 2.05) is 19.1 Å². The van der Waals surface area contributed by atoms with Gasteiger partial charge < -0.3 is 9.05 Å². The Morgan fingerprint density at radius 1 is 0.923 bits per heavy atom. The zero-order valence-electron chi connectivity index (χ0n) is 15.1. The highest BCUT2D eigenvalue weighted by atomic mass is 31.2. The van der Waals surface area contributed by atoms with Crippen LogP contribution in [0.15, 0.2) is 48.5 Å². The molecule has 2 rings (SSSR count). The molecule has 0 unspecified atom stereocenters. The highest BCUT2D eigenvalue weighted by Crippen LogP contribution is 2.51. The fourth-order valence-corrected chi connectivity index (χ4v) is 3.22. The molecular weight excluding hydrogens is 355 g/mol. The van der Waals surface area contributed by atoms with Crippen LogP contribution in [0.3, 0.4) is 0 Å². The predicted octanol–water partition coefficient (Wildman–Crippen LogP) is 5.53. The summed E-state index contributed by atoms with van der Waals surface area (Å²) in [6.07, 6.45) is 1.63. The molecule has 0 bridgehead atoms. The minimum atomic E-state index is -4.25. The standard InChI is InChI=1S/C19H23O6P/c1-4-5-14-19(20)22-25-26(21,23-17-12-8-6-10-15(17)2)24-18-13-9-7-11-16(18)3/h6-13H,4-5,14H2,1-3H3. The summed E-state index contributed by atoms with van der Waals surface area (Å²) in [5.41, 5.74) is 1.48. The van der Waals surface area contributed by atoms with Crippen LogP contribution in [0, 0.1) is 13.8 Å². The Labute approximate surface area is 153 Å². The minimum Gasteiger partial charge on any atom is -0.393 e. The molecule has 0 saturated heterocycles. The number of carbonyl (C=O) groups is 1. The van der Waals surface area contributed by atoms with E-state index in [1.54, 1.807) is 50.2 Å². The van der Waals surface area contributed by atoms with Crippen molar-refractivity contribution in [2.24, 2.45) is 0 Å². The van der Waals surface area contributed by atoms with Crippen LogP contribution >= 0.6 is 7.82 Å². The zero-order chi connectivity index (χ0) is 19.0. The number of aryl methyl sites for hydroxylation is 2. The number of hydrogen-bond acceptors (Lipinski definition) is 6. The van der Waals surface area contributed by atoms with E-state index in [2.05, 4.69) is 4.89 Å². The third-order valence-electron chi connectivity index (χ3n) is 3.56. The van der Waals surface area contributed by atoms with E-state index < -0.39 is 13.8 Å². The molecule has 0 aliphatic heterocycles. The molecule has 0 aliphatic rings. The van der Waals surface area contributed by atoms with E-state index in [0.717, 1.165) is 17.5 Å². The van der Waals surface area contributed by atoms with Crippen LogP contribution in [0.1, 0.15) is 37.3 Å². The Bertz CT molecular complexity index is 738. The van der Waals surface area contributed by atoms with E-state index >= 15 is 0 Å². The van der Waals surface area contributed by atoms with E-state index in [-0.39, 0.29) is 6.42 Å². The highest BCUT2D eigenvalue weighted by molar-refractivity contribution is 7.49. The molecule has 0 spiro atoms. The molecule has 0 fully saturated rings. The first-order chi connectivity index (χ1) is 12.4. The Morgan fingerprint density at radius 3 is 1.88 bits per heavy atom. The van der Waals surface area contributed by atoms with E-state index in [1.165, 1.54) is 0 Å². The van der Waals surface area contributed by atoms with E-state index in [4.69, 9.17) is 13.7 Å². The summed E-state index contributed by atoms with van der Waals surface area (Å²) in [5, 5.41) is 0. The molecule has 140 valence electrons. The second kappa shape index (κ2) is 9.41. The van der Waals surface area contributed by atoms with Crippen molar-refractivity contribution in [3.05, 3.63) is 59.7 Å². The van der Waals surface area contributed by atoms with Crippen molar-refractivity contribution in [2.45, 2.75) is 40.0 Å². The quantitative estimate of drug-likeness (QED) is 0.324. The number of carbonyl (C=O) groups excluding carboxylic acids is 1. The Morgan fingerprint density at radius 2 is 1.42 bits per heavy atom. The lowest BCUT2D eigenvalue weighted by molar-refractivity contribution is -0.221. The predicted molar refractivity (Wildman–Crippen MR) is 97.9 cm³/mol. The van der Waals surface area contributed by atoms with E-state index in [9.17, 15) is 9.36 Å². The van der Waals surface area contributed by atoms with Gasteiger partial charge in [-0.25, -0.2) is 9.36 Å². The molecule has 2 aromatic rings. The SMILES string of the molecule is CCCCC(=O)OOP(=O)(Oc1ccccc1C)Oc1ccccc1C. The molecule has 0 amide bonds. The number of hydrogen-bond donors (Lipinski definition) is 0. The molecular formula is C19H23O6P. The smallest absolute Gasteiger partial charge is 0.393 e. The molecule has 0 atom stereocenters. The Balaban J connectivity index is 2.19. The molecule has 7 heteroatoms. The second-order valence-electron chi connectivity index (χ2n) is 5.79. The first kappa shape index (κ1) is 20.0. The van der Waals surface area contributed by atoms with Gasteiger partial charge in [-0.05, 0) is 43.5 Å². The van der Waals surface area contributed by atoms with Gasteiger partial charge in [-0.15, -0.1) is 0 Å². The van der Waals surface area contributed by atoms with Gasteiger partial charge in [0, 0.05) is 6.42 Å². The minimum absolute atomic E-state index is 0.158. The van der Waals surface area contributed by atoms with Crippen LogP contribution in [-0.2, 0) is 18.9 Å². The lowest BCUT2D eigenvalue weighted by atomic mass is 10.2. The van der Waals surface area contributed by atoms with Crippen molar-refractivity contribution in [1.82, 2.24) is 0 Å². The van der Waals surface area contributed by atoms with Gasteiger partial charge in [-0.2, -0.15) is 0 Å². The summed E-state index contributed by atoms with van der Waals surface area (Å²) in [4.78, 5) is 16.4. The summed E-state index contributed by atoms with van der Waals surface area (Å²) in [5.74, 6) is -0.00288. The van der Waals surface area contributed by atoms with Gasteiger partial charge in [0.1, 0.15) is 11.5 Å². The largest absolute Gasteiger partial charge is 0.625 e. The molecule has 0 saturated carbocycles. The number of para-hydroxylation sites is 2.